The number of imidazole rings is 1. The fraction of sp³-hybridized carbons (Fsp3) is 0.122. The number of benzene rings is 5. The molecule has 0 amide bonds. The van der Waals surface area contributed by atoms with Gasteiger partial charge in [-0.3, -0.25) is 0 Å². The van der Waals surface area contributed by atoms with Crippen LogP contribution < -0.4 is 0 Å². The molecule has 3 heterocycles. The van der Waals surface area contributed by atoms with E-state index in [0.717, 1.165) is 50.1 Å². The second-order valence-electron chi connectivity index (χ2n) is 12.4. The Morgan fingerprint density at radius 1 is 0.696 bits per heavy atom. The van der Waals surface area contributed by atoms with Gasteiger partial charge in [0.25, 0.3) is 0 Å². The number of nitrogens with zero attached hydrogens (tertiary/aromatic N) is 4. The van der Waals surface area contributed by atoms with E-state index in [1.54, 1.807) is 0 Å². The molecule has 0 saturated carbocycles. The van der Waals surface area contributed by atoms with Crippen molar-refractivity contribution in [3.05, 3.63) is 157 Å². The molecule has 4 nitrogen and oxygen atoms in total. The molecular weight excluding hydrogens is 744 g/mol. The standard InChI is InChI=1S/C41H33N4.Pt/c1-28-12-5-6-15-33(28)29-22-23-42-40(24-29)45-36-17-8-7-16-34(36)35-21-20-31(26-39(35)45)41(2,3)30-13-11-14-32(25-30)44-27-43(4)37-18-9-10-19-38(37)44;/h5-24,27H,1-4H3;/q-1;. The van der Waals surface area contributed by atoms with Crippen molar-refractivity contribution < 1.29 is 21.1 Å². The minimum absolute atomic E-state index is 0. The molecule has 0 atom stereocenters. The van der Waals surface area contributed by atoms with Gasteiger partial charge in [0.1, 0.15) is 5.82 Å². The summed E-state index contributed by atoms with van der Waals surface area (Å²) in [5, 5.41) is 2.36. The van der Waals surface area contributed by atoms with Gasteiger partial charge in [-0.15, -0.1) is 23.1 Å². The van der Waals surface area contributed by atoms with Crippen LogP contribution in [0.3, 0.4) is 0 Å². The first-order valence-electron chi connectivity index (χ1n) is 15.4. The number of aromatic nitrogens is 4. The number of rotatable bonds is 5. The minimum Gasteiger partial charge on any atom is -0.319 e. The van der Waals surface area contributed by atoms with E-state index in [1.165, 1.54) is 22.0 Å². The maximum atomic E-state index is 4.89. The summed E-state index contributed by atoms with van der Waals surface area (Å²) >= 11 is 0. The third-order valence-electron chi connectivity index (χ3n) is 9.21. The van der Waals surface area contributed by atoms with E-state index in [4.69, 9.17) is 4.98 Å². The van der Waals surface area contributed by atoms with Crippen LogP contribution in [-0.4, -0.2) is 18.7 Å². The second-order valence-corrected chi connectivity index (χ2v) is 12.4. The van der Waals surface area contributed by atoms with Crippen LogP contribution in [0.1, 0.15) is 30.5 Å². The maximum absolute atomic E-state index is 4.89. The van der Waals surface area contributed by atoms with E-state index in [1.807, 2.05) is 6.20 Å². The summed E-state index contributed by atoms with van der Waals surface area (Å²) in [5.41, 5.74) is 11.0. The number of hydrogen-bond acceptors (Lipinski definition) is 1. The van der Waals surface area contributed by atoms with E-state index in [9.17, 15) is 0 Å². The molecule has 0 N–H and O–H groups in total. The molecule has 0 radical (unpaired) electrons. The van der Waals surface area contributed by atoms with Gasteiger partial charge in [-0.2, -0.15) is 35.9 Å². The molecule has 0 spiro atoms. The topological polar surface area (TPSA) is 27.7 Å². The SMILES string of the molecule is Cc1ccccc1-c1ccnc(-n2c3[c-]c(C(C)(C)c4[c-]c(-n5[cH+]n(C)c6ccccc65)ccc4)ccc3c3ccccc32)c1.[Pt]. The molecule has 0 fully saturated rings. The Balaban J connectivity index is 0.00000338. The third-order valence-corrected chi connectivity index (χ3v) is 9.21. The van der Waals surface area contributed by atoms with Crippen molar-refractivity contribution in [1.29, 1.82) is 0 Å². The summed E-state index contributed by atoms with van der Waals surface area (Å²) in [4.78, 5) is 4.89. The molecule has 0 bridgehead atoms. The predicted octanol–water partition coefficient (Wildman–Crippen LogP) is 9.64. The summed E-state index contributed by atoms with van der Waals surface area (Å²) in [5.74, 6) is 0.883. The van der Waals surface area contributed by atoms with Crippen LogP contribution in [-0.2, 0) is 33.5 Å². The molecule has 3 aromatic heterocycles. The fourth-order valence-electron chi connectivity index (χ4n) is 6.66. The molecule has 8 aromatic rings. The molecule has 5 aromatic carbocycles. The van der Waals surface area contributed by atoms with Gasteiger partial charge in [0.05, 0.1) is 0 Å². The summed E-state index contributed by atoms with van der Waals surface area (Å²) < 4.78 is 6.63. The number of fused-ring (bicyclic) bond motifs is 4. The average Bonchev–Trinajstić information content (AvgIpc) is 3.59. The number of para-hydroxylation sites is 3. The smallest absolute Gasteiger partial charge is 0.188 e. The van der Waals surface area contributed by atoms with Gasteiger partial charge in [0, 0.05) is 57.6 Å². The molecular formula is C41H33N4Pt-. The molecule has 0 saturated heterocycles. The Labute approximate surface area is 283 Å². The number of hydrogen-bond donors (Lipinski definition) is 0. The third kappa shape index (κ3) is 4.80. The Hall–Kier alpha value is -4.79. The monoisotopic (exact) mass is 776 g/mol. The van der Waals surface area contributed by atoms with E-state index in [2.05, 4.69) is 175 Å². The van der Waals surface area contributed by atoms with Gasteiger partial charge in [-0.1, -0.05) is 61.8 Å². The molecule has 228 valence electrons. The van der Waals surface area contributed by atoms with Crippen molar-refractivity contribution in [3.8, 4) is 22.6 Å². The summed E-state index contributed by atoms with van der Waals surface area (Å²) in [7, 11) is 2.08. The first kappa shape index (κ1) is 29.9. The Morgan fingerprint density at radius 2 is 1.41 bits per heavy atom. The van der Waals surface area contributed by atoms with Crippen molar-refractivity contribution in [2.24, 2.45) is 7.05 Å². The summed E-state index contributed by atoms with van der Waals surface area (Å²) in [6.07, 6.45) is 4.04. The van der Waals surface area contributed by atoms with Gasteiger partial charge in [-0.25, -0.2) is 14.1 Å². The normalized spacial score (nSPS) is 11.7. The van der Waals surface area contributed by atoms with Gasteiger partial charge >= 0.3 is 0 Å². The van der Waals surface area contributed by atoms with Crippen LogP contribution in [0.2, 0.25) is 0 Å². The van der Waals surface area contributed by atoms with Crippen LogP contribution >= 0.6 is 0 Å². The van der Waals surface area contributed by atoms with Crippen molar-refractivity contribution >= 4 is 32.8 Å². The summed E-state index contributed by atoms with van der Waals surface area (Å²) in [6.45, 7) is 6.68. The second kappa shape index (κ2) is 11.5. The van der Waals surface area contributed by atoms with Crippen molar-refractivity contribution in [2.75, 3.05) is 0 Å². The van der Waals surface area contributed by atoms with Gasteiger partial charge in [-0.05, 0) is 64.7 Å². The Morgan fingerprint density at radius 3 is 2.24 bits per heavy atom. The first-order valence-corrected chi connectivity index (χ1v) is 15.4. The van der Waals surface area contributed by atoms with Gasteiger partial charge in [0.15, 0.2) is 17.4 Å². The van der Waals surface area contributed by atoms with E-state index in [-0.39, 0.29) is 26.5 Å². The van der Waals surface area contributed by atoms with Crippen LogP contribution in [0, 0.1) is 19.1 Å². The molecule has 0 aliphatic heterocycles. The zero-order valence-electron chi connectivity index (χ0n) is 26.2. The number of pyridine rings is 1. The van der Waals surface area contributed by atoms with Crippen molar-refractivity contribution in [2.45, 2.75) is 26.2 Å². The first-order chi connectivity index (χ1) is 21.9. The zero-order valence-corrected chi connectivity index (χ0v) is 28.5. The van der Waals surface area contributed by atoms with E-state index < -0.39 is 0 Å². The molecule has 0 aliphatic carbocycles. The molecule has 8 rings (SSSR count). The van der Waals surface area contributed by atoms with Crippen LogP contribution in [0.5, 0.6) is 0 Å². The fourth-order valence-corrected chi connectivity index (χ4v) is 6.66. The predicted molar refractivity (Wildman–Crippen MR) is 185 cm³/mol. The zero-order chi connectivity index (χ0) is 30.7. The quantitative estimate of drug-likeness (QED) is 0.160. The molecule has 0 unspecified atom stereocenters. The van der Waals surface area contributed by atoms with Crippen molar-refractivity contribution in [1.82, 2.24) is 18.7 Å². The maximum Gasteiger partial charge on any atom is 0.188 e. The number of aryl methyl sites for hydroxylation is 2. The largest absolute Gasteiger partial charge is 0.319 e. The van der Waals surface area contributed by atoms with Gasteiger partial charge < -0.3 is 4.57 Å². The molecule has 46 heavy (non-hydrogen) atoms. The molecule has 0 aliphatic rings. The summed E-state index contributed by atoms with van der Waals surface area (Å²) in [6, 6.07) is 48.4. The van der Waals surface area contributed by atoms with Crippen LogP contribution in [0.15, 0.2) is 128 Å². The van der Waals surface area contributed by atoms with Gasteiger partial charge in [0.2, 0.25) is 0 Å². The van der Waals surface area contributed by atoms with Crippen molar-refractivity contribution in [3.63, 3.8) is 0 Å². The van der Waals surface area contributed by atoms with E-state index >= 15 is 0 Å². The van der Waals surface area contributed by atoms with Crippen LogP contribution in [0.4, 0.5) is 0 Å². The Bertz CT molecular complexity index is 2390. The minimum atomic E-state index is -0.354. The molecule has 5 heteroatoms. The van der Waals surface area contributed by atoms with E-state index in [0.29, 0.717) is 0 Å². The Kier molecular flexibility index (Phi) is 7.50. The van der Waals surface area contributed by atoms with Crippen LogP contribution in [0.25, 0.3) is 55.5 Å². The average molecular weight is 777 g/mol.